The van der Waals surface area contributed by atoms with E-state index in [9.17, 15) is 4.79 Å². The maximum absolute atomic E-state index is 13.1. The fourth-order valence-corrected chi connectivity index (χ4v) is 3.57. The van der Waals surface area contributed by atoms with E-state index >= 15 is 0 Å². The van der Waals surface area contributed by atoms with Crippen molar-refractivity contribution in [1.82, 2.24) is 5.32 Å². The van der Waals surface area contributed by atoms with Crippen molar-refractivity contribution in [2.24, 2.45) is 0 Å². The first-order valence-corrected chi connectivity index (χ1v) is 10.2. The molecule has 0 spiro atoms. The van der Waals surface area contributed by atoms with Crippen LogP contribution in [-0.4, -0.2) is 12.0 Å². The predicted octanol–water partition coefficient (Wildman–Crippen LogP) is 5.82. The van der Waals surface area contributed by atoms with E-state index in [1.807, 2.05) is 72.8 Å². The fraction of sp³-hybridized carbons (Fsp3) is 0.148. The number of amides is 1. The fourth-order valence-electron chi connectivity index (χ4n) is 3.57. The van der Waals surface area contributed by atoms with E-state index in [-0.39, 0.29) is 11.9 Å². The highest BCUT2D eigenvalue weighted by atomic mass is 16.5. The van der Waals surface area contributed by atoms with E-state index in [1.54, 1.807) is 6.92 Å². The number of carbonyl (C=O) groups is 1. The van der Waals surface area contributed by atoms with Gasteiger partial charge in [-0.3, -0.25) is 4.79 Å². The molecule has 0 aliphatic carbocycles. The van der Waals surface area contributed by atoms with E-state index in [1.165, 1.54) is 5.56 Å². The third kappa shape index (κ3) is 4.36. The van der Waals surface area contributed by atoms with Gasteiger partial charge in [-0.05, 0) is 36.4 Å². The lowest BCUT2D eigenvalue weighted by Crippen LogP contribution is -2.39. The molecule has 0 aliphatic rings. The van der Waals surface area contributed by atoms with Crippen molar-refractivity contribution in [3.05, 3.63) is 114 Å². The average molecular weight is 396 g/mol. The Hall–Kier alpha value is -3.59. The summed E-state index contributed by atoms with van der Waals surface area (Å²) in [5.74, 6) is 0.555. The molecule has 150 valence electrons. The van der Waals surface area contributed by atoms with Gasteiger partial charge in [0.2, 0.25) is 0 Å². The molecule has 3 nitrogen and oxygen atoms in total. The Morgan fingerprint density at radius 1 is 0.767 bits per heavy atom. The highest BCUT2D eigenvalue weighted by Crippen LogP contribution is 2.27. The molecule has 0 saturated heterocycles. The Bertz CT molecular complexity index is 1130. The van der Waals surface area contributed by atoms with E-state index in [2.05, 4.69) is 36.5 Å². The van der Waals surface area contributed by atoms with Crippen LogP contribution in [0.3, 0.4) is 0 Å². The van der Waals surface area contributed by atoms with Gasteiger partial charge in [-0.25, -0.2) is 0 Å². The molecule has 0 fully saturated rings. The normalized spacial score (nSPS) is 12.9. The minimum atomic E-state index is -0.632. The van der Waals surface area contributed by atoms with Crippen LogP contribution < -0.4 is 10.1 Å². The first-order chi connectivity index (χ1) is 14.6. The van der Waals surface area contributed by atoms with Crippen molar-refractivity contribution in [2.75, 3.05) is 0 Å². The van der Waals surface area contributed by atoms with Crippen molar-refractivity contribution in [3.63, 3.8) is 0 Å². The van der Waals surface area contributed by atoms with Crippen LogP contribution in [0.25, 0.3) is 10.8 Å². The Kier molecular flexibility index (Phi) is 5.80. The van der Waals surface area contributed by atoms with Gasteiger partial charge in [0.1, 0.15) is 5.75 Å². The topological polar surface area (TPSA) is 38.3 Å². The molecule has 0 saturated carbocycles. The molecule has 1 amide bonds. The second-order valence-electron chi connectivity index (χ2n) is 7.50. The standard InChI is InChI=1S/C27H25NO2/c1-19-15-17-23(18-16-19)26(22-10-4-3-5-11-22)28-27(29)20(2)30-25-14-8-12-21-9-6-7-13-24(21)25/h3-18,20,26H,1-2H3,(H,28,29)/t20-,26+/m0/s1. The van der Waals surface area contributed by atoms with Crippen LogP contribution in [0.5, 0.6) is 5.75 Å². The number of carbonyl (C=O) groups excluding carboxylic acids is 1. The average Bonchev–Trinajstić information content (AvgIpc) is 2.79. The van der Waals surface area contributed by atoms with Crippen LogP contribution in [0.4, 0.5) is 0 Å². The highest BCUT2D eigenvalue weighted by molar-refractivity contribution is 5.89. The van der Waals surface area contributed by atoms with Crippen LogP contribution in [0.1, 0.15) is 29.7 Å². The van der Waals surface area contributed by atoms with Gasteiger partial charge >= 0.3 is 0 Å². The Balaban J connectivity index is 1.56. The van der Waals surface area contributed by atoms with Crippen molar-refractivity contribution in [2.45, 2.75) is 26.0 Å². The molecule has 0 radical (unpaired) electrons. The van der Waals surface area contributed by atoms with Crippen LogP contribution in [0.2, 0.25) is 0 Å². The van der Waals surface area contributed by atoms with Crippen LogP contribution in [0, 0.1) is 6.92 Å². The maximum atomic E-state index is 13.1. The first-order valence-electron chi connectivity index (χ1n) is 10.2. The summed E-state index contributed by atoms with van der Waals surface area (Å²) in [6, 6.07) is 31.9. The number of hydrogen-bond donors (Lipinski definition) is 1. The van der Waals surface area contributed by atoms with Gasteiger partial charge in [0.05, 0.1) is 6.04 Å². The van der Waals surface area contributed by atoms with Crippen LogP contribution in [-0.2, 0) is 4.79 Å². The summed E-state index contributed by atoms with van der Waals surface area (Å²) in [4.78, 5) is 13.1. The van der Waals surface area contributed by atoms with Crippen molar-refractivity contribution in [3.8, 4) is 5.75 Å². The monoisotopic (exact) mass is 395 g/mol. The van der Waals surface area contributed by atoms with Gasteiger partial charge < -0.3 is 10.1 Å². The quantitative estimate of drug-likeness (QED) is 0.447. The zero-order chi connectivity index (χ0) is 20.9. The number of ether oxygens (including phenoxy) is 1. The van der Waals surface area contributed by atoms with E-state index in [0.29, 0.717) is 5.75 Å². The molecule has 4 aromatic carbocycles. The minimum Gasteiger partial charge on any atom is -0.480 e. The summed E-state index contributed by atoms with van der Waals surface area (Å²) in [6.45, 7) is 3.84. The third-order valence-corrected chi connectivity index (χ3v) is 5.25. The Labute approximate surface area is 177 Å². The van der Waals surface area contributed by atoms with Gasteiger partial charge in [-0.2, -0.15) is 0 Å². The maximum Gasteiger partial charge on any atom is 0.261 e. The van der Waals surface area contributed by atoms with Crippen LogP contribution >= 0.6 is 0 Å². The summed E-state index contributed by atoms with van der Waals surface area (Å²) in [5.41, 5.74) is 3.26. The van der Waals surface area contributed by atoms with E-state index < -0.39 is 6.10 Å². The number of nitrogens with one attached hydrogen (secondary N) is 1. The number of fused-ring (bicyclic) bond motifs is 1. The summed E-state index contributed by atoms with van der Waals surface area (Å²) in [6.07, 6.45) is -0.632. The summed E-state index contributed by atoms with van der Waals surface area (Å²) >= 11 is 0. The third-order valence-electron chi connectivity index (χ3n) is 5.25. The molecule has 0 bridgehead atoms. The molecule has 4 aromatic rings. The molecule has 0 aromatic heterocycles. The van der Waals surface area contributed by atoms with Gasteiger partial charge in [0, 0.05) is 5.39 Å². The minimum absolute atomic E-state index is 0.155. The predicted molar refractivity (Wildman–Crippen MR) is 122 cm³/mol. The molecule has 3 heteroatoms. The van der Waals surface area contributed by atoms with Crippen molar-refractivity contribution >= 4 is 16.7 Å². The molecule has 4 rings (SSSR count). The van der Waals surface area contributed by atoms with Gasteiger partial charge in [0.15, 0.2) is 6.10 Å². The second-order valence-corrected chi connectivity index (χ2v) is 7.50. The lowest BCUT2D eigenvalue weighted by molar-refractivity contribution is -0.127. The zero-order valence-corrected chi connectivity index (χ0v) is 17.2. The highest BCUT2D eigenvalue weighted by Gasteiger charge is 2.22. The largest absolute Gasteiger partial charge is 0.480 e. The molecule has 0 heterocycles. The van der Waals surface area contributed by atoms with Gasteiger partial charge in [0.25, 0.3) is 5.91 Å². The molecule has 1 N–H and O–H groups in total. The zero-order valence-electron chi connectivity index (χ0n) is 17.2. The van der Waals surface area contributed by atoms with Crippen LogP contribution in [0.15, 0.2) is 97.1 Å². The summed E-state index contributed by atoms with van der Waals surface area (Å²) in [5, 5.41) is 5.26. The molecule has 0 unspecified atom stereocenters. The number of aryl methyl sites for hydroxylation is 1. The number of benzene rings is 4. The first kappa shape index (κ1) is 19.7. The summed E-state index contributed by atoms with van der Waals surface area (Å²) in [7, 11) is 0. The van der Waals surface area contributed by atoms with E-state index in [4.69, 9.17) is 4.74 Å². The Morgan fingerprint density at radius 3 is 2.17 bits per heavy atom. The SMILES string of the molecule is Cc1ccc([C@H](NC(=O)[C@H](C)Oc2cccc3ccccc23)c2ccccc2)cc1. The smallest absolute Gasteiger partial charge is 0.261 e. The van der Waals surface area contributed by atoms with E-state index in [0.717, 1.165) is 21.9 Å². The molecule has 30 heavy (non-hydrogen) atoms. The molecular weight excluding hydrogens is 370 g/mol. The van der Waals surface area contributed by atoms with Crippen molar-refractivity contribution < 1.29 is 9.53 Å². The number of rotatable bonds is 6. The van der Waals surface area contributed by atoms with Gasteiger partial charge in [-0.1, -0.05) is 96.6 Å². The molecule has 0 aliphatic heterocycles. The lowest BCUT2D eigenvalue weighted by atomic mass is 9.97. The summed E-state index contributed by atoms with van der Waals surface area (Å²) < 4.78 is 6.07. The molecular formula is C27H25NO2. The second kappa shape index (κ2) is 8.83. The van der Waals surface area contributed by atoms with Crippen molar-refractivity contribution in [1.29, 1.82) is 0 Å². The number of hydrogen-bond acceptors (Lipinski definition) is 2. The lowest BCUT2D eigenvalue weighted by Gasteiger charge is -2.23. The van der Waals surface area contributed by atoms with Gasteiger partial charge in [-0.15, -0.1) is 0 Å². The molecule has 2 atom stereocenters. The Morgan fingerprint density at radius 2 is 1.40 bits per heavy atom.